The minimum absolute atomic E-state index is 0.0434. The predicted octanol–water partition coefficient (Wildman–Crippen LogP) is 3.07. The minimum Gasteiger partial charge on any atom is -0.461 e. The molecule has 1 fully saturated rings. The number of nitrogens with one attached hydrogen (secondary N) is 1. The number of thiophene rings is 1. The Morgan fingerprint density at radius 2 is 2.11 bits per heavy atom. The van der Waals surface area contributed by atoms with Crippen molar-refractivity contribution in [2.45, 2.75) is 32.6 Å². The molecule has 0 bridgehead atoms. The van der Waals surface area contributed by atoms with E-state index >= 15 is 0 Å². The molecule has 2 aromatic heterocycles. The monoisotopic (exact) mass is 407 g/mol. The number of rotatable bonds is 4. The number of anilines is 1. The zero-order valence-corrected chi connectivity index (χ0v) is 16.6. The van der Waals surface area contributed by atoms with Crippen molar-refractivity contribution in [3.8, 4) is 0 Å². The topological polar surface area (TPSA) is 93.5 Å². The number of hydrogen-bond donors (Lipinski definition) is 1. The highest BCUT2D eigenvalue weighted by atomic mass is 32.2. The molecule has 2 aromatic rings. The quantitative estimate of drug-likeness (QED) is 0.786. The van der Waals surface area contributed by atoms with E-state index in [2.05, 4.69) is 12.2 Å². The highest BCUT2D eigenvalue weighted by molar-refractivity contribution is 7.91. The average Bonchev–Trinajstić information content (AvgIpc) is 3.32. The lowest BCUT2D eigenvalue weighted by atomic mass is 9.87. The van der Waals surface area contributed by atoms with E-state index in [1.165, 1.54) is 17.6 Å². The Kier molecular flexibility index (Phi) is 4.71. The van der Waals surface area contributed by atoms with E-state index in [-0.39, 0.29) is 29.0 Å². The molecule has 27 heavy (non-hydrogen) atoms. The summed E-state index contributed by atoms with van der Waals surface area (Å²) in [4.78, 5) is 26.8. The maximum atomic E-state index is 13.0. The van der Waals surface area contributed by atoms with E-state index in [9.17, 15) is 18.0 Å². The van der Waals surface area contributed by atoms with Gasteiger partial charge in [0.15, 0.2) is 15.6 Å². The van der Waals surface area contributed by atoms with Crippen molar-refractivity contribution in [2.75, 3.05) is 16.8 Å². The number of amides is 1. The van der Waals surface area contributed by atoms with Crippen molar-refractivity contribution < 1.29 is 22.4 Å². The van der Waals surface area contributed by atoms with Crippen molar-refractivity contribution in [1.82, 2.24) is 0 Å². The molecule has 0 unspecified atom stereocenters. The van der Waals surface area contributed by atoms with Crippen molar-refractivity contribution in [3.63, 3.8) is 0 Å². The predicted molar refractivity (Wildman–Crippen MR) is 103 cm³/mol. The molecule has 3 heterocycles. The fraction of sp³-hybridized carbons (Fsp3) is 0.474. The van der Waals surface area contributed by atoms with Crippen LogP contribution in [-0.4, -0.2) is 31.6 Å². The van der Waals surface area contributed by atoms with Crippen LogP contribution in [0.25, 0.3) is 0 Å². The Balaban J connectivity index is 1.67. The number of carbonyl (C=O) groups excluding carboxylic acids is 2. The summed E-state index contributed by atoms with van der Waals surface area (Å²) in [5.41, 5.74) is 1.50. The fourth-order valence-corrected chi connectivity index (χ4v) is 6.98. The second-order valence-electron chi connectivity index (χ2n) is 7.45. The summed E-state index contributed by atoms with van der Waals surface area (Å²) < 4.78 is 28.6. The molecule has 8 heteroatoms. The van der Waals surface area contributed by atoms with Gasteiger partial charge in [0.05, 0.1) is 29.3 Å². The Labute approximate surface area is 161 Å². The van der Waals surface area contributed by atoms with Gasteiger partial charge >= 0.3 is 0 Å². The van der Waals surface area contributed by atoms with Crippen molar-refractivity contribution >= 4 is 37.9 Å². The molecule has 2 aliphatic rings. The van der Waals surface area contributed by atoms with Crippen LogP contribution in [0.1, 0.15) is 46.3 Å². The summed E-state index contributed by atoms with van der Waals surface area (Å²) in [6.45, 7) is 2.18. The molecule has 0 radical (unpaired) electrons. The summed E-state index contributed by atoms with van der Waals surface area (Å²) in [5.74, 6) is -0.416. The van der Waals surface area contributed by atoms with Gasteiger partial charge in [-0.2, -0.15) is 0 Å². The summed E-state index contributed by atoms with van der Waals surface area (Å²) in [6, 6.07) is 3.28. The molecule has 0 spiro atoms. The van der Waals surface area contributed by atoms with Gasteiger partial charge in [0.2, 0.25) is 11.7 Å². The molecule has 1 saturated heterocycles. The van der Waals surface area contributed by atoms with Gasteiger partial charge < -0.3 is 9.73 Å². The van der Waals surface area contributed by atoms with Gasteiger partial charge in [-0.1, -0.05) is 6.92 Å². The van der Waals surface area contributed by atoms with Gasteiger partial charge in [0.1, 0.15) is 5.00 Å². The zero-order chi connectivity index (χ0) is 19.2. The van der Waals surface area contributed by atoms with Gasteiger partial charge in [-0.3, -0.25) is 9.59 Å². The molecule has 144 valence electrons. The molecule has 1 aliphatic heterocycles. The van der Waals surface area contributed by atoms with Crippen LogP contribution >= 0.6 is 11.3 Å². The number of sulfone groups is 1. The molecule has 0 saturated carbocycles. The van der Waals surface area contributed by atoms with Crippen LogP contribution in [0.5, 0.6) is 0 Å². The first-order valence-electron chi connectivity index (χ1n) is 9.08. The Hall–Kier alpha value is -1.93. The van der Waals surface area contributed by atoms with Gasteiger partial charge in [0, 0.05) is 4.88 Å². The van der Waals surface area contributed by atoms with E-state index in [0.717, 1.165) is 29.7 Å². The summed E-state index contributed by atoms with van der Waals surface area (Å²) >= 11 is 1.43. The minimum atomic E-state index is -3.14. The number of furan rings is 1. The van der Waals surface area contributed by atoms with Gasteiger partial charge in [-0.15, -0.1) is 11.3 Å². The van der Waals surface area contributed by atoms with E-state index in [0.29, 0.717) is 22.9 Å². The molecule has 2 atom stereocenters. The van der Waals surface area contributed by atoms with E-state index < -0.39 is 15.8 Å². The lowest BCUT2D eigenvalue weighted by molar-refractivity contribution is -0.119. The molecular formula is C19H21NO5S2. The molecular weight excluding hydrogens is 386 g/mol. The van der Waals surface area contributed by atoms with Crippen molar-refractivity contribution in [2.24, 2.45) is 11.8 Å². The smallest absolute Gasteiger partial charge is 0.231 e. The van der Waals surface area contributed by atoms with E-state index in [1.807, 2.05) is 0 Å². The summed E-state index contributed by atoms with van der Waals surface area (Å²) in [6.07, 6.45) is 4.46. The second kappa shape index (κ2) is 6.91. The molecule has 6 nitrogen and oxygen atoms in total. The van der Waals surface area contributed by atoms with Crippen molar-refractivity contribution in [1.29, 1.82) is 0 Å². The van der Waals surface area contributed by atoms with Crippen LogP contribution < -0.4 is 5.32 Å². The Morgan fingerprint density at radius 3 is 2.78 bits per heavy atom. The zero-order valence-electron chi connectivity index (χ0n) is 15.0. The number of hydrogen-bond acceptors (Lipinski definition) is 6. The molecule has 4 rings (SSSR count). The van der Waals surface area contributed by atoms with Gasteiger partial charge in [-0.05, 0) is 49.3 Å². The van der Waals surface area contributed by atoms with Gasteiger partial charge in [0.25, 0.3) is 0 Å². The van der Waals surface area contributed by atoms with Gasteiger partial charge in [-0.25, -0.2) is 8.42 Å². The summed E-state index contributed by atoms with van der Waals surface area (Å²) in [7, 11) is -3.14. The van der Waals surface area contributed by atoms with Crippen molar-refractivity contribution in [3.05, 3.63) is 40.2 Å². The molecule has 1 aliphatic carbocycles. The maximum absolute atomic E-state index is 13.0. The molecule has 1 amide bonds. The Morgan fingerprint density at radius 1 is 1.30 bits per heavy atom. The number of ketones is 1. The van der Waals surface area contributed by atoms with Crippen LogP contribution in [0.2, 0.25) is 0 Å². The standard InChI is InChI=1S/C19H21NO5S2/c1-11-4-5-13-15(9-11)26-19(16(13)17(21)14-3-2-7-25-14)20-18(22)12-6-8-27(23,24)10-12/h2-3,7,11-12H,4-6,8-10H2,1H3,(H,20,22)/t11-,12+/m1/s1. The largest absolute Gasteiger partial charge is 0.461 e. The third-order valence-corrected chi connectivity index (χ3v) is 8.26. The van der Waals surface area contributed by atoms with E-state index in [4.69, 9.17) is 4.42 Å². The first-order chi connectivity index (χ1) is 12.8. The lowest BCUT2D eigenvalue weighted by Gasteiger charge is -2.18. The summed E-state index contributed by atoms with van der Waals surface area (Å²) in [5, 5.41) is 3.38. The maximum Gasteiger partial charge on any atom is 0.231 e. The number of fused-ring (bicyclic) bond motifs is 1. The second-order valence-corrected chi connectivity index (χ2v) is 10.8. The third kappa shape index (κ3) is 3.60. The van der Waals surface area contributed by atoms with Crippen LogP contribution in [0, 0.1) is 11.8 Å². The third-order valence-electron chi connectivity index (χ3n) is 5.32. The Bertz CT molecular complexity index is 988. The van der Waals surface area contributed by atoms with Crippen LogP contribution in [0.3, 0.4) is 0 Å². The fourth-order valence-electron chi connectivity index (χ4n) is 3.83. The first-order valence-corrected chi connectivity index (χ1v) is 11.7. The lowest BCUT2D eigenvalue weighted by Crippen LogP contribution is -2.24. The average molecular weight is 408 g/mol. The molecule has 0 aromatic carbocycles. The first kappa shape index (κ1) is 18.4. The van der Waals surface area contributed by atoms with Crippen LogP contribution in [-0.2, 0) is 27.5 Å². The van der Waals surface area contributed by atoms with Crippen LogP contribution in [0.15, 0.2) is 22.8 Å². The number of carbonyl (C=O) groups is 2. The molecule has 1 N–H and O–H groups in total. The highest BCUT2D eigenvalue weighted by Crippen LogP contribution is 2.41. The van der Waals surface area contributed by atoms with Crippen LogP contribution in [0.4, 0.5) is 5.00 Å². The highest BCUT2D eigenvalue weighted by Gasteiger charge is 2.35. The van der Waals surface area contributed by atoms with E-state index in [1.54, 1.807) is 12.1 Å². The SMILES string of the molecule is C[C@@H]1CCc2c(sc(NC(=O)[C@H]3CCS(=O)(=O)C3)c2C(=O)c2ccco2)C1. The normalized spacial score (nSPS) is 23.7.